The first-order valence-electron chi connectivity index (χ1n) is 6.50. The number of anilines is 1. The van der Waals surface area contributed by atoms with Gasteiger partial charge in [-0.05, 0) is 25.5 Å². The van der Waals surface area contributed by atoms with Crippen LogP contribution >= 0.6 is 0 Å². The molecule has 6 nitrogen and oxygen atoms in total. The topological polar surface area (TPSA) is 87.9 Å². The molecular formula is C14H19NO5. The van der Waals surface area contributed by atoms with Crippen molar-refractivity contribution in [2.75, 3.05) is 18.9 Å². The lowest BCUT2D eigenvalue weighted by Gasteiger charge is -2.11. The Bertz CT molecular complexity index is 473. The van der Waals surface area contributed by atoms with Crippen molar-refractivity contribution in [3.63, 3.8) is 0 Å². The van der Waals surface area contributed by atoms with E-state index < -0.39 is 12.1 Å². The van der Waals surface area contributed by atoms with Crippen LogP contribution in [0.15, 0.2) is 18.2 Å². The van der Waals surface area contributed by atoms with Gasteiger partial charge in [-0.25, -0.2) is 9.59 Å². The number of carbonyl (C=O) groups excluding carboxylic acids is 2. The highest BCUT2D eigenvalue weighted by molar-refractivity contribution is 5.95. The van der Waals surface area contributed by atoms with Crippen LogP contribution in [0.1, 0.15) is 37.0 Å². The summed E-state index contributed by atoms with van der Waals surface area (Å²) >= 11 is 0. The molecule has 0 aliphatic rings. The second kappa shape index (κ2) is 8.04. The smallest absolute Gasteiger partial charge is 0.462 e. The standard InChI is InChI=1S/C14H19NO5/c1-3-5-9-19-13(16)10-7-6-8-11(15)12(10)20-14(17)18-4-2/h6-8H,3-5,9,15H2,1-2H3. The Kier molecular flexibility index (Phi) is 6.36. The number of ether oxygens (including phenoxy) is 3. The number of unbranched alkanes of at least 4 members (excludes halogenated alkanes) is 1. The summed E-state index contributed by atoms with van der Waals surface area (Å²) in [6.07, 6.45) is 0.770. The third-order valence-electron chi connectivity index (χ3n) is 2.44. The van der Waals surface area contributed by atoms with Crippen LogP contribution in [0, 0.1) is 0 Å². The van der Waals surface area contributed by atoms with Gasteiger partial charge in [0.2, 0.25) is 0 Å². The number of benzene rings is 1. The molecule has 0 unspecified atom stereocenters. The molecule has 0 aromatic heterocycles. The van der Waals surface area contributed by atoms with E-state index in [1.54, 1.807) is 13.0 Å². The second-order valence-electron chi connectivity index (χ2n) is 4.00. The van der Waals surface area contributed by atoms with Gasteiger partial charge >= 0.3 is 12.1 Å². The highest BCUT2D eigenvalue weighted by Gasteiger charge is 2.19. The Balaban J connectivity index is 2.87. The van der Waals surface area contributed by atoms with Gasteiger partial charge < -0.3 is 19.9 Å². The number of nitrogens with two attached hydrogens (primary N) is 1. The molecule has 20 heavy (non-hydrogen) atoms. The molecule has 0 atom stereocenters. The van der Waals surface area contributed by atoms with Crippen LogP contribution in [0.4, 0.5) is 10.5 Å². The molecule has 0 spiro atoms. The summed E-state index contributed by atoms with van der Waals surface area (Å²) in [6, 6.07) is 4.60. The maximum atomic E-state index is 11.9. The molecule has 1 aromatic carbocycles. The molecule has 0 bridgehead atoms. The van der Waals surface area contributed by atoms with Crippen molar-refractivity contribution in [1.29, 1.82) is 0 Å². The number of para-hydroxylation sites is 1. The van der Waals surface area contributed by atoms with Crippen LogP contribution in [0.5, 0.6) is 5.75 Å². The molecule has 0 heterocycles. The maximum absolute atomic E-state index is 11.9. The van der Waals surface area contributed by atoms with Crippen LogP contribution in [0.25, 0.3) is 0 Å². The first-order chi connectivity index (χ1) is 9.60. The molecular weight excluding hydrogens is 262 g/mol. The van der Waals surface area contributed by atoms with E-state index in [1.165, 1.54) is 12.1 Å². The summed E-state index contributed by atoms with van der Waals surface area (Å²) in [5.74, 6) is -0.613. The molecule has 6 heteroatoms. The zero-order chi connectivity index (χ0) is 15.0. The summed E-state index contributed by atoms with van der Waals surface area (Å²) in [5.41, 5.74) is 5.99. The molecule has 1 rings (SSSR count). The lowest BCUT2D eigenvalue weighted by Crippen LogP contribution is -2.15. The van der Waals surface area contributed by atoms with Gasteiger partial charge in [0.25, 0.3) is 0 Å². The average Bonchev–Trinajstić information content (AvgIpc) is 2.41. The third kappa shape index (κ3) is 4.46. The van der Waals surface area contributed by atoms with Gasteiger partial charge in [-0.15, -0.1) is 0 Å². The number of rotatable bonds is 6. The maximum Gasteiger partial charge on any atom is 0.513 e. The first kappa shape index (κ1) is 15.8. The van der Waals surface area contributed by atoms with Gasteiger partial charge in [0.15, 0.2) is 5.75 Å². The lowest BCUT2D eigenvalue weighted by molar-refractivity contribution is 0.0494. The molecule has 0 fully saturated rings. The van der Waals surface area contributed by atoms with Crippen molar-refractivity contribution in [2.24, 2.45) is 0 Å². The number of esters is 1. The monoisotopic (exact) mass is 281 g/mol. The highest BCUT2D eigenvalue weighted by Crippen LogP contribution is 2.27. The summed E-state index contributed by atoms with van der Waals surface area (Å²) in [6.45, 7) is 4.12. The molecule has 0 amide bonds. The number of hydrogen-bond acceptors (Lipinski definition) is 6. The van der Waals surface area contributed by atoms with Crippen LogP contribution < -0.4 is 10.5 Å². The number of carbonyl (C=O) groups is 2. The normalized spacial score (nSPS) is 9.90. The molecule has 1 aromatic rings. The van der Waals surface area contributed by atoms with Crippen LogP contribution in [-0.4, -0.2) is 25.3 Å². The summed E-state index contributed by atoms with van der Waals surface area (Å²) in [7, 11) is 0. The minimum absolute atomic E-state index is 0.0348. The molecule has 2 N–H and O–H groups in total. The molecule has 110 valence electrons. The van der Waals surface area contributed by atoms with E-state index in [2.05, 4.69) is 4.74 Å². The van der Waals surface area contributed by atoms with Crippen LogP contribution in [0.2, 0.25) is 0 Å². The van der Waals surface area contributed by atoms with Crippen molar-refractivity contribution >= 4 is 17.8 Å². The Morgan fingerprint density at radius 1 is 1.20 bits per heavy atom. The van der Waals surface area contributed by atoms with Gasteiger partial charge in [0.05, 0.1) is 18.9 Å². The van der Waals surface area contributed by atoms with Gasteiger partial charge in [-0.3, -0.25) is 0 Å². The number of nitrogen functional groups attached to an aromatic ring is 1. The Hall–Kier alpha value is -2.24. The summed E-state index contributed by atoms with van der Waals surface area (Å²) in [4.78, 5) is 23.3. The lowest BCUT2D eigenvalue weighted by atomic mass is 10.2. The fourth-order valence-electron chi connectivity index (χ4n) is 1.45. The van der Waals surface area contributed by atoms with Gasteiger partial charge in [-0.1, -0.05) is 19.4 Å². The fourth-order valence-corrected chi connectivity index (χ4v) is 1.45. The third-order valence-corrected chi connectivity index (χ3v) is 2.44. The molecule has 0 radical (unpaired) electrons. The van der Waals surface area contributed by atoms with E-state index in [-0.39, 0.29) is 23.6 Å². The summed E-state index contributed by atoms with van der Waals surface area (Å²) < 4.78 is 14.7. The van der Waals surface area contributed by atoms with Crippen molar-refractivity contribution in [1.82, 2.24) is 0 Å². The van der Waals surface area contributed by atoms with Crippen molar-refractivity contribution in [3.05, 3.63) is 23.8 Å². The van der Waals surface area contributed by atoms with Crippen LogP contribution in [0.3, 0.4) is 0 Å². The predicted octanol–water partition coefficient (Wildman–Crippen LogP) is 2.76. The Morgan fingerprint density at radius 2 is 1.95 bits per heavy atom. The minimum atomic E-state index is -0.909. The van der Waals surface area contributed by atoms with Crippen molar-refractivity contribution < 1.29 is 23.8 Å². The minimum Gasteiger partial charge on any atom is -0.462 e. The Labute approximate surface area is 117 Å². The first-order valence-corrected chi connectivity index (χ1v) is 6.50. The molecule has 0 saturated carbocycles. The largest absolute Gasteiger partial charge is 0.513 e. The Morgan fingerprint density at radius 3 is 2.60 bits per heavy atom. The van der Waals surface area contributed by atoms with Crippen LogP contribution in [-0.2, 0) is 9.47 Å². The quantitative estimate of drug-likeness (QED) is 0.373. The zero-order valence-corrected chi connectivity index (χ0v) is 11.7. The van der Waals surface area contributed by atoms with Gasteiger partial charge in [0, 0.05) is 0 Å². The molecule has 0 aliphatic heterocycles. The van der Waals surface area contributed by atoms with Gasteiger partial charge in [0.1, 0.15) is 5.56 Å². The van der Waals surface area contributed by atoms with Crippen molar-refractivity contribution in [3.8, 4) is 5.75 Å². The van der Waals surface area contributed by atoms with Gasteiger partial charge in [-0.2, -0.15) is 0 Å². The zero-order valence-electron chi connectivity index (χ0n) is 11.7. The number of hydrogen-bond donors (Lipinski definition) is 1. The molecule has 0 aliphatic carbocycles. The van der Waals surface area contributed by atoms with E-state index in [0.29, 0.717) is 6.61 Å². The predicted molar refractivity (Wildman–Crippen MR) is 73.7 cm³/mol. The summed E-state index contributed by atoms with van der Waals surface area (Å²) in [5, 5.41) is 0. The van der Waals surface area contributed by atoms with E-state index in [9.17, 15) is 9.59 Å². The average molecular weight is 281 g/mol. The van der Waals surface area contributed by atoms with E-state index in [1.807, 2.05) is 6.92 Å². The SMILES string of the molecule is CCCCOC(=O)c1cccc(N)c1OC(=O)OCC. The highest BCUT2D eigenvalue weighted by atomic mass is 16.7. The van der Waals surface area contributed by atoms with E-state index >= 15 is 0 Å². The van der Waals surface area contributed by atoms with Crippen molar-refractivity contribution in [2.45, 2.75) is 26.7 Å². The fraction of sp³-hybridized carbons (Fsp3) is 0.429. The van der Waals surface area contributed by atoms with E-state index in [0.717, 1.165) is 12.8 Å². The second-order valence-corrected chi connectivity index (χ2v) is 4.00. The van der Waals surface area contributed by atoms with E-state index in [4.69, 9.17) is 15.2 Å². The molecule has 0 saturated heterocycles.